The summed E-state index contributed by atoms with van der Waals surface area (Å²) in [6.45, 7) is 0. The predicted molar refractivity (Wildman–Crippen MR) is 133 cm³/mol. The molecule has 0 bridgehead atoms. The van der Waals surface area contributed by atoms with Gasteiger partial charge in [-0.3, -0.25) is 0 Å². The lowest BCUT2D eigenvalue weighted by atomic mass is 9.97. The van der Waals surface area contributed by atoms with Crippen LogP contribution in [-0.2, 0) is 0 Å². The van der Waals surface area contributed by atoms with E-state index in [1.165, 1.54) is 6.21 Å². The second-order valence-electron chi connectivity index (χ2n) is 6.68. The molecule has 0 saturated carbocycles. The Bertz CT molecular complexity index is 1260. The topological polar surface area (TPSA) is 48.8 Å². The maximum absolute atomic E-state index is 7.98. The van der Waals surface area contributed by atoms with E-state index in [0.717, 1.165) is 11.3 Å². The molecule has 0 saturated heterocycles. The third-order valence-corrected chi connectivity index (χ3v) is 5.86. The van der Waals surface area contributed by atoms with E-state index in [2.05, 4.69) is 5.32 Å². The molecule has 154 valence electrons. The minimum absolute atomic E-state index is 0.381. The molecule has 4 aromatic rings. The summed E-state index contributed by atoms with van der Waals surface area (Å²) in [6, 6.07) is 22.0. The third kappa shape index (κ3) is 4.56. The van der Waals surface area contributed by atoms with Gasteiger partial charge in [0.2, 0.25) is 0 Å². The molecule has 0 aliphatic rings. The number of aromatic nitrogens is 1. The van der Waals surface area contributed by atoms with Crippen molar-refractivity contribution in [3.63, 3.8) is 0 Å². The molecular weight excluding hydrogens is 472 g/mol. The lowest BCUT2D eigenvalue weighted by Crippen LogP contribution is -2.04. The second-order valence-corrected chi connectivity index (χ2v) is 8.34. The Balaban J connectivity index is 2.01. The smallest absolute Gasteiger partial charge is 0.141 e. The summed E-state index contributed by atoms with van der Waals surface area (Å²) < 4.78 is 0. The van der Waals surface area contributed by atoms with Crippen LogP contribution < -0.4 is 5.32 Å². The molecular formula is C24H15Cl4N3. The van der Waals surface area contributed by atoms with Gasteiger partial charge in [0.25, 0.3) is 0 Å². The van der Waals surface area contributed by atoms with E-state index in [1.54, 1.807) is 30.3 Å². The summed E-state index contributed by atoms with van der Waals surface area (Å²) in [4.78, 5) is 4.85. The van der Waals surface area contributed by atoms with E-state index in [9.17, 15) is 0 Å². The minimum atomic E-state index is 0.381. The number of nitrogens with one attached hydrogen (secondary N) is 2. The number of pyridine rings is 1. The van der Waals surface area contributed by atoms with Gasteiger partial charge in [-0.15, -0.1) is 0 Å². The zero-order valence-corrected chi connectivity index (χ0v) is 19.0. The average Bonchev–Trinajstić information content (AvgIpc) is 2.75. The fourth-order valence-corrected chi connectivity index (χ4v) is 4.18. The van der Waals surface area contributed by atoms with Crippen LogP contribution in [0, 0.1) is 5.41 Å². The lowest BCUT2D eigenvalue weighted by Gasteiger charge is -2.18. The van der Waals surface area contributed by atoms with Crippen LogP contribution in [0.4, 0.5) is 11.5 Å². The number of benzene rings is 3. The molecule has 2 N–H and O–H groups in total. The van der Waals surface area contributed by atoms with E-state index in [0.29, 0.717) is 48.3 Å². The summed E-state index contributed by atoms with van der Waals surface area (Å²) in [6.07, 6.45) is 1.19. The highest BCUT2D eigenvalue weighted by Gasteiger charge is 2.22. The molecule has 0 spiro atoms. The highest BCUT2D eigenvalue weighted by molar-refractivity contribution is 6.38. The largest absolute Gasteiger partial charge is 0.340 e. The Morgan fingerprint density at radius 2 is 1.48 bits per heavy atom. The normalized spacial score (nSPS) is 10.7. The summed E-state index contributed by atoms with van der Waals surface area (Å²) in [7, 11) is 0. The van der Waals surface area contributed by atoms with Crippen molar-refractivity contribution in [3.8, 4) is 22.4 Å². The van der Waals surface area contributed by atoms with Crippen molar-refractivity contribution in [3.05, 3.63) is 98.5 Å². The first kappa shape index (κ1) is 21.7. The molecule has 0 amide bonds. The molecule has 0 radical (unpaired) electrons. The van der Waals surface area contributed by atoms with Gasteiger partial charge in [0.05, 0.1) is 21.3 Å². The minimum Gasteiger partial charge on any atom is -0.340 e. The SMILES string of the molecule is N=Cc1c(Nc2ccccc2)nc(-c2ccc(Cl)cc2Cl)c(-c2ccc(Cl)cc2)c1Cl. The molecule has 0 atom stereocenters. The number of hydrogen-bond acceptors (Lipinski definition) is 3. The highest BCUT2D eigenvalue weighted by Crippen LogP contribution is 2.43. The number of hydrogen-bond donors (Lipinski definition) is 2. The Labute approximate surface area is 200 Å². The zero-order chi connectivity index (χ0) is 22.0. The van der Waals surface area contributed by atoms with Crippen molar-refractivity contribution in [1.29, 1.82) is 5.41 Å². The Kier molecular flexibility index (Phi) is 6.49. The van der Waals surface area contributed by atoms with Gasteiger partial charge in [-0.05, 0) is 48.0 Å². The van der Waals surface area contributed by atoms with Gasteiger partial charge in [0.15, 0.2) is 0 Å². The predicted octanol–water partition coefficient (Wildman–Crippen LogP) is 8.77. The van der Waals surface area contributed by atoms with Crippen LogP contribution in [0.15, 0.2) is 72.8 Å². The van der Waals surface area contributed by atoms with Crippen LogP contribution in [0.2, 0.25) is 20.1 Å². The number of rotatable bonds is 5. The molecule has 0 aliphatic carbocycles. The molecule has 0 fully saturated rings. The average molecular weight is 487 g/mol. The van der Waals surface area contributed by atoms with E-state index in [1.807, 2.05) is 42.5 Å². The number of para-hydroxylation sites is 1. The van der Waals surface area contributed by atoms with Gasteiger partial charge >= 0.3 is 0 Å². The summed E-state index contributed by atoms with van der Waals surface area (Å²) in [5, 5.41) is 13.2. The first-order valence-electron chi connectivity index (χ1n) is 9.25. The van der Waals surface area contributed by atoms with Crippen molar-refractivity contribution in [1.82, 2.24) is 4.98 Å². The molecule has 7 heteroatoms. The van der Waals surface area contributed by atoms with Crippen LogP contribution in [0.1, 0.15) is 5.56 Å². The highest BCUT2D eigenvalue weighted by atomic mass is 35.5. The fraction of sp³-hybridized carbons (Fsp3) is 0. The standard InChI is InChI=1S/C24H15Cl4N3/c25-15-8-6-14(7-9-15)21-22(28)19(13-29)24(30-17-4-2-1-3-5-17)31-23(21)18-11-10-16(26)12-20(18)27/h1-13,29H,(H,30,31). The molecule has 31 heavy (non-hydrogen) atoms. The summed E-state index contributed by atoms with van der Waals surface area (Å²) >= 11 is 25.6. The molecule has 1 heterocycles. The van der Waals surface area contributed by atoms with Crippen molar-refractivity contribution in [2.45, 2.75) is 0 Å². The van der Waals surface area contributed by atoms with Crippen molar-refractivity contribution in [2.24, 2.45) is 0 Å². The Morgan fingerprint density at radius 3 is 2.13 bits per heavy atom. The van der Waals surface area contributed by atoms with Crippen LogP contribution in [0.25, 0.3) is 22.4 Å². The Morgan fingerprint density at radius 1 is 0.806 bits per heavy atom. The summed E-state index contributed by atoms with van der Waals surface area (Å²) in [5.41, 5.74) is 3.98. The van der Waals surface area contributed by atoms with Gasteiger partial charge in [0.1, 0.15) is 5.82 Å². The van der Waals surface area contributed by atoms with Crippen LogP contribution in [0.3, 0.4) is 0 Å². The molecule has 3 nitrogen and oxygen atoms in total. The van der Waals surface area contributed by atoms with Gasteiger partial charge in [-0.1, -0.05) is 76.7 Å². The summed E-state index contributed by atoms with van der Waals surface area (Å²) in [5.74, 6) is 0.449. The number of anilines is 2. The zero-order valence-electron chi connectivity index (χ0n) is 16.0. The quantitative estimate of drug-likeness (QED) is 0.277. The Hall–Kier alpha value is -2.56. The maximum Gasteiger partial charge on any atom is 0.141 e. The first-order valence-corrected chi connectivity index (χ1v) is 10.8. The van der Waals surface area contributed by atoms with Gasteiger partial charge in [0, 0.05) is 33.1 Å². The van der Waals surface area contributed by atoms with Crippen molar-refractivity contribution < 1.29 is 0 Å². The molecule has 0 unspecified atom stereocenters. The third-order valence-electron chi connectivity index (χ3n) is 4.67. The van der Waals surface area contributed by atoms with Gasteiger partial charge in [-0.2, -0.15) is 0 Å². The monoisotopic (exact) mass is 485 g/mol. The molecule has 4 rings (SSSR count). The molecule has 3 aromatic carbocycles. The van der Waals surface area contributed by atoms with Crippen molar-refractivity contribution in [2.75, 3.05) is 5.32 Å². The van der Waals surface area contributed by atoms with Gasteiger partial charge < -0.3 is 10.7 Å². The number of halogens is 4. The van der Waals surface area contributed by atoms with Crippen molar-refractivity contribution >= 4 is 64.1 Å². The van der Waals surface area contributed by atoms with E-state index >= 15 is 0 Å². The van der Waals surface area contributed by atoms with Crippen LogP contribution >= 0.6 is 46.4 Å². The van der Waals surface area contributed by atoms with Crippen LogP contribution in [0.5, 0.6) is 0 Å². The van der Waals surface area contributed by atoms with Gasteiger partial charge in [-0.25, -0.2) is 4.98 Å². The van der Waals surface area contributed by atoms with E-state index < -0.39 is 0 Å². The maximum atomic E-state index is 7.98. The number of nitrogens with zero attached hydrogens (tertiary/aromatic N) is 1. The molecule has 1 aromatic heterocycles. The lowest BCUT2D eigenvalue weighted by molar-refractivity contribution is 1.29. The van der Waals surface area contributed by atoms with E-state index in [-0.39, 0.29) is 0 Å². The first-order chi connectivity index (χ1) is 15.0. The van der Waals surface area contributed by atoms with Crippen LogP contribution in [-0.4, -0.2) is 11.2 Å². The second kappa shape index (κ2) is 9.29. The van der Waals surface area contributed by atoms with E-state index in [4.69, 9.17) is 56.8 Å². The molecule has 0 aliphatic heterocycles. The fourth-order valence-electron chi connectivity index (χ4n) is 3.21.